The van der Waals surface area contributed by atoms with E-state index < -0.39 is 11.9 Å². The minimum atomic E-state index is -1.41. The fourth-order valence-electron chi connectivity index (χ4n) is 0.433. The van der Waals surface area contributed by atoms with Gasteiger partial charge >= 0.3 is 35.5 Å². The molecule has 0 radical (unpaired) electrons. The molecule has 0 aliphatic carbocycles. The maximum absolute atomic E-state index is 10.7. The summed E-state index contributed by atoms with van der Waals surface area (Å²) in [6.45, 7) is 4.06. The van der Waals surface area contributed by atoms with Crippen LogP contribution in [-0.2, 0) is 14.3 Å². The SMILES string of the molecule is CC(C)COC(=O)C=CC(=O)[O-].[Na+]. The molecule has 0 N–H and O–H groups in total. The van der Waals surface area contributed by atoms with Crippen LogP contribution in [0.2, 0.25) is 0 Å². The van der Waals surface area contributed by atoms with Gasteiger partial charge in [0.25, 0.3) is 0 Å². The maximum atomic E-state index is 10.7. The summed E-state index contributed by atoms with van der Waals surface area (Å²) < 4.78 is 4.64. The van der Waals surface area contributed by atoms with Crippen LogP contribution in [0.1, 0.15) is 13.8 Å². The monoisotopic (exact) mass is 194 g/mol. The molecule has 68 valence electrons. The Morgan fingerprint density at radius 3 is 2.31 bits per heavy atom. The molecule has 0 aliphatic heterocycles. The molecule has 0 aliphatic rings. The van der Waals surface area contributed by atoms with Gasteiger partial charge in [0.1, 0.15) is 0 Å². The van der Waals surface area contributed by atoms with Crippen LogP contribution in [0, 0.1) is 5.92 Å². The van der Waals surface area contributed by atoms with Crippen molar-refractivity contribution in [3.63, 3.8) is 0 Å². The average Bonchev–Trinajstić information content (AvgIpc) is 1.96. The zero-order chi connectivity index (χ0) is 9.56. The molecule has 0 bridgehead atoms. The van der Waals surface area contributed by atoms with Gasteiger partial charge in [-0.15, -0.1) is 0 Å². The summed E-state index contributed by atoms with van der Waals surface area (Å²) in [5.41, 5.74) is 0. The topological polar surface area (TPSA) is 66.4 Å². The molecule has 4 nitrogen and oxygen atoms in total. The van der Waals surface area contributed by atoms with E-state index in [9.17, 15) is 14.7 Å². The molecule has 0 aromatic carbocycles. The number of hydrogen-bond acceptors (Lipinski definition) is 4. The molecule has 0 aromatic rings. The van der Waals surface area contributed by atoms with Crippen LogP contribution in [0.4, 0.5) is 0 Å². The van der Waals surface area contributed by atoms with E-state index in [4.69, 9.17) is 0 Å². The summed E-state index contributed by atoms with van der Waals surface area (Å²) >= 11 is 0. The third-order valence-electron chi connectivity index (χ3n) is 0.914. The molecule has 0 atom stereocenters. The summed E-state index contributed by atoms with van der Waals surface area (Å²) in [6, 6.07) is 0. The van der Waals surface area contributed by atoms with Gasteiger partial charge < -0.3 is 14.6 Å². The number of rotatable bonds is 4. The van der Waals surface area contributed by atoms with Crippen LogP contribution in [0.25, 0.3) is 0 Å². The summed E-state index contributed by atoms with van der Waals surface area (Å²) in [6.07, 6.45) is 1.47. The van der Waals surface area contributed by atoms with Crippen molar-refractivity contribution < 1.29 is 49.0 Å². The molecule has 0 saturated heterocycles. The van der Waals surface area contributed by atoms with Crippen LogP contribution in [0.3, 0.4) is 0 Å². The number of aliphatic carboxylic acids is 1. The quantitative estimate of drug-likeness (QED) is 0.264. The van der Waals surface area contributed by atoms with Crippen molar-refractivity contribution in [3.8, 4) is 0 Å². The van der Waals surface area contributed by atoms with Crippen LogP contribution in [-0.4, -0.2) is 18.5 Å². The average molecular weight is 194 g/mol. The standard InChI is InChI=1S/C8H12O4.Na/c1-6(2)5-12-8(11)4-3-7(9)10;/h3-4,6H,5H2,1-2H3,(H,9,10);/q;+1/p-1. The van der Waals surface area contributed by atoms with Gasteiger partial charge in [0, 0.05) is 6.08 Å². The molecule has 0 heterocycles. The second-order valence-electron chi connectivity index (χ2n) is 2.68. The summed E-state index contributed by atoms with van der Waals surface area (Å²) in [4.78, 5) is 20.5. The second kappa shape index (κ2) is 8.29. The number of carboxylic acids is 1. The Labute approximate surface area is 99.2 Å². The minimum absolute atomic E-state index is 0. The third-order valence-corrected chi connectivity index (χ3v) is 0.914. The molecular formula is C8H11NaO4. The van der Waals surface area contributed by atoms with Gasteiger partial charge in [-0.2, -0.15) is 0 Å². The normalized spacial score (nSPS) is 9.77. The smallest absolute Gasteiger partial charge is 0.545 e. The predicted octanol–water partition coefficient (Wildman–Crippen LogP) is -3.50. The van der Waals surface area contributed by atoms with E-state index >= 15 is 0 Å². The van der Waals surface area contributed by atoms with Crippen molar-refractivity contribution in [2.24, 2.45) is 5.92 Å². The Hall–Kier alpha value is -0.320. The fourth-order valence-corrected chi connectivity index (χ4v) is 0.433. The molecule has 0 rings (SSSR count). The second-order valence-corrected chi connectivity index (χ2v) is 2.68. The van der Waals surface area contributed by atoms with E-state index in [1.807, 2.05) is 13.8 Å². The number of carboxylic acid groups (broad SMARTS) is 1. The Kier molecular flexibility index (Phi) is 9.67. The van der Waals surface area contributed by atoms with Crippen molar-refractivity contribution in [2.75, 3.05) is 6.61 Å². The van der Waals surface area contributed by atoms with E-state index in [0.29, 0.717) is 6.08 Å². The molecule has 0 unspecified atom stereocenters. The van der Waals surface area contributed by atoms with Gasteiger partial charge in [-0.1, -0.05) is 13.8 Å². The van der Waals surface area contributed by atoms with Crippen LogP contribution < -0.4 is 34.7 Å². The Morgan fingerprint density at radius 2 is 1.92 bits per heavy atom. The summed E-state index contributed by atoms with van der Waals surface area (Å²) in [5.74, 6) is -1.82. The minimum Gasteiger partial charge on any atom is -0.545 e. The molecule has 0 spiro atoms. The largest absolute Gasteiger partial charge is 1.00 e. The molecule has 0 aromatic heterocycles. The van der Waals surface area contributed by atoms with Crippen LogP contribution in [0.5, 0.6) is 0 Å². The first-order valence-corrected chi connectivity index (χ1v) is 3.58. The zero-order valence-electron chi connectivity index (χ0n) is 8.07. The Morgan fingerprint density at radius 1 is 1.38 bits per heavy atom. The number of hydrogen-bond donors (Lipinski definition) is 0. The zero-order valence-corrected chi connectivity index (χ0v) is 10.1. The van der Waals surface area contributed by atoms with Crippen LogP contribution in [0.15, 0.2) is 12.2 Å². The van der Waals surface area contributed by atoms with Crippen molar-refractivity contribution >= 4 is 11.9 Å². The van der Waals surface area contributed by atoms with Crippen LogP contribution >= 0.6 is 0 Å². The van der Waals surface area contributed by atoms with Crippen molar-refractivity contribution in [1.82, 2.24) is 0 Å². The fraction of sp³-hybridized carbons (Fsp3) is 0.500. The molecule has 0 amide bonds. The number of carbonyl (C=O) groups is 2. The molecule has 0 fully saturated rings. The van der Waals surface area contributed by atoms with E-state index in [1.165, 1.54) is 0 Å². The van der Waals surface area contributed by atoms with Crippen molar-refractivity contribution in [2.45, 2.75) is 13.8 Å². The first kappa shape index (κ1) is 15.2. The van der Waals surface area contributed by atoms with Gasteiger partial charge in [-0.05, 0) is 12.0 Å². The van der Waals surface area contributed by atoms with Gasteiger partial charge in [-0.3, -0.25) is 0 Å². The molecular weight excluding hydrogens is 183 g/mol. The van der Waals surface area contributed by atoms with Gasteiger partial charge in [-0.25, -0.2) is 4.79 Å². The number of esters is 1. The summed E-state index contributed by atoms with van der Waals surface area (Å²) in [5, 5.41) is 9.84. The van der Waals surface area contributed by atoms with Crippen molar-refractivity contribution in [1.29, 1.82) is 0 Å². The predicted molar refractivity (Wildman–Crippen MR) is 39.9 cm³/mol. The Balaban J connectivity index is 0. The third kappa shape index (κ3) is 11.7. The van der Waals surface area contributed by atoms with E-state index in [2.05, 4.69) is 4.74 Å². The van der Waals surface area contributed by atoms with E-state index in [1.54, 1.807) is 0 Å². The number of ether oxygens (including phenoxy) is 1. The Bertz CT molecular complexity index is 198. The van der Waals surface area contributed by atoms with Gasteiger partial charge in [0.2, 0.25) is 0 Å². The number of carbonyl (C=O) groups excluding carboxylic acids is 2. The first-order chi connectivity index (χ1) is 5.52. The van der Waals surface area contributed by atoms with E-state index in [-0.39, 0.29) is 42.1 Å². The van der Waals surface area contributed by atoms with Gasteiger partial charge in [0.15, 0.2) is 0 Å². The van der Waals surface area contributed by atoms with E-state index in [0.717, 1.165) is 6.08 Å². The summed E-state index contributed by atoms with van der Waals surface area (Å²) in [7, 11) is 0. The molecule has 5 heteroatoms. The first-order valence-electron chi connectivity index (χ1n) is 3.58. The molecule has 0 saturated carbocycles. The van der Waals surface area contributed by atoms with Gasteiger partial charge in [0.05, 0.1) is 12.6 Å². The maximum Gasteiger partial charge on any atom is 1.00 e. The molecule has 13 heavy (non-hydrogen) atoms. The van der Waals surface area contributed by atoms with Crippen molar-refractivity contribution in [3.05, 3.63) is 12.2 Å².